The highest BCUT2D eigenvalue weighted by Crippen LogP contribution is 2.22. The highest BCUT2D eigenvalue weighted by molar-refractivity contribution is 7.99. The van der Waals surface area contributed by atoms with Gasteiger partial charge in [0.2, 0.25) is 5.91 Å². The number of thioether (sulfide) groups is 1. The number of carbonyl (C=O) groups is 1. The summed E-state index contributed by atoms with van der Waals surface area (Å²) in [5.41, 5.74) is 2.65. The number of anilines is 1. The standard InChI is InChI=1S/C19H16ClN3OS2/c1-13-9-11-25-17(13)7-6-14-8-10-21-19(22-14)26-12-18(24)23-16-5-3-2-4-15(16)20/h2-11H,12H2,1H3,(H,23,24)/b7-6+. The molecule has 2 aromatic heterocycles. The smallest absolute Gasteiger partial charge is 0.234 e. The summed E-state index contributed by atoms with van der Waals surface area (Å²) in [4.78, 5) is 22.0. The van der Waals surface area contributed by atoms with Crippen molar-refractivity contribution < 1.29 is 4.79 Å². The van der Waals surface area contributed by atoms with Gasteiger partial charge in [0.05, 0.1) is 22.2 Å². The van der Waals surface area contributed by atoms with E-state index in [9.17, 15) is 4.79 Å². The van der Waals surface area contributed by atoms with Crippen molar-refractivity contribution in [1.82, 2.24) is 9.97 Å². The van der Waals surface area contributed by atoms with E-state index < -0.39 is 0 Å². The second kappa shape index (κ2) is 8.98. The van der Waals surface area contributed by atoms with Crippen molar-refractivity contribution in [1.29, 1.82) is 0 Å². The number of rotatable bonds is 6. The molecule has 0 atom stereocenters. The van der Waals surface area contributed by atoms with Crippen LogP contribution < -0.4 is 5.32 Å². The van der Waals surface area contributed by atoms with Gasteiger partial charge in [-0.25, -0.2) is 9.97 Å². The maximum atomic E-state index is 12.1. The van der Waals surface area contributed by atoms with Crippen molar-refractivity contribution in [3.05, 3.63) is 69.1 Å². The van der Waals surface area contributed by atoms with Crippen LogP contribution in [0.15, 0.2) is 53.1 Å². The minimum atomic E-state index is -0.151. The van der Waals surface area contributed by atoms with Crippen molar-refractivity contribution in [2.75, 3.05) is 11.1 Å². The third kappa shape index (κ3) is 5.17. The molecule has 3 rings (SSSR count). The first-order chi connectivity index (χ1) is 12.6. The Kier molecular flexibility index (Phi) is 6.44. The molecule has 0 saturated carbocycles. The Morgan fingerprint density at radius 3 is 2.88 bits per heavy atom. The number of aryl methyl sites for hydroxylation is 1. The van der Waals surface area contributed by atoms with Crippen molar-refractivity contribution in [2.45, 2.75) is 12.1 Å². The van der Waals surface area contributed by atoms with Crippen molar-refractivity contribution in [3.8, 4) is 0 Å². The molecule has 0 bridgehead atoms. The van der Waals surface area contributed by atoms with Crippen LogP contribution in [-0.2, 0) is 4.79 Å². The predicted octanol–water partition coefficient (Wildman–Crippen LogP) is 5.40. The van der Waals surface area contributed by atoms with Crippen LogP contribution in [0.5, 0.6) is 0 Å². The summed E-state index contributed by atoms with van der Waals surface area (Å²) in [5.74, 6) is 0.0597. The SMILES string of the molecule is Cc1ccsc1/C=C/c1ccnc(SCC(=O)Nc2ccccc2Cl)n1. The zero-order valence-corrected chi connectivity index (χ0v) is 16.4. The first-order valence-corrected chi connectivity index (χ1v) is 10.1. The molecule has 26 heavy (non-hydrogen) atoms. The lowest BCUT2D eigenvalue weighted by molar-refractivity contribution is -0.113. The molecule has 0 aliphatic heterocycles. The number of hydrogen-bond donors (Lipinski definition) is 1. The molecular formula is C19H16ClN3OS2. The second-order valence-corrected chi connectivity index (χ2v) is 7.68. The average Bonchev–Trinajstić information content (AvgIpc) is 3.05. The first-order valence-electron chi connectivity index (χ1n) is 7.84. The van der Waals surface area contributed by atoms with E-state index in [1.165, 1.54) is 22.2 Å². The molecule has 0 spiro atoms. The van der Waals surface area contributed by atoms with Crippen LogP contribution in [0, 0.1) is 6.92 Å². The number of halogens is 1. The maximum absolute atomic E-state index is 12.1. The zero-order valence-electron chi connectivity index (χ0n) is 14.0. The summed E-state index contributed by atoms with van der Waals surface area (Å²) in [6.45, 7) is 2.08. The lowest BCUT2D eigenvalue weighted by Gasteiger charge is -2.06. The Morgan fingerprint density at radius 2 is 2.12 bits per heavy atom. The fourth-order valence-corrected chi connectivity index (χ4v) is 3.75. The number of hydrogen-bond acceptors (Lipinski definition) is 5. The largest absolute Gasteiger partial charge is 0.324 e. The number of aromatic nitrogens is 2. The molecule has 7 heteroatoms. The normalized spacial score (nSPS) is 11.0. The average molecular weight is 402 g/mol. The van der Waals surface area contributed by atoms with E-state index in [4.69, 9.17) is 11.6 Å². The minimum absolute atomic E-state index is 0.151. The summed E-state index contributed by atoms with van der Waals surface area (Å²) in [6, 6.07) is 11.1. The lowest BCUT2D eigenvalue weighted by Crippen LogP contribution is -2.14. The first kappa shape index (κ1) is 18.6. The number of carbonyl (C=O) groups excluding carboxylic acids is 1. The molecule has 0 fully saturated rings. The Morgan fingerprint density at radius 1 is 1.27 bits per heavy atom. The molecule has 0 radical (unpaired) electrons. The van der Waals surface area contributed by atoms with Crippen LogP contribution in [0.4, 0.5) is 5.69 Å². The van der Waals surface area contributed by atoms with Crippen molar-refractivity contribution in [3.63, 3.8) is 0 Å². The van der Waals surface area contributed by atoms with Gasteiger partial charge in [-0.05, 0) is 54.3 Å². The molecule has 1 aromatic carbocycles. The van der Waals surface area contributed by atoms with E-state index in [1.54, 1.807) is 29.7 Å². The van der Waals surface area contributed by atoms with Crippen LogP contribution in [-0.4, -0.2) is 21.6 Å². The van der Waals surface area contributed by atoms with Crippen LogP contribution >= 0.6 is 34.7 Å². The van der Waals surface area contributed by atoms with Gasteiger partial charge in [0.15, 0.2) is 5.16 Å². The third-order valence-electron chi connectivity index (χ3n) is 3.44. The van der Waals surface area contributed by atoms with Gasteiger partial charge in [-0.1, -0.05) is 35.5 Å². The molecule has 1 N–H and O–H groups in total. The third-order valence-corrected chi connectivity index (χ3v) is 5.62. The van der Waals surface area contributed by atoms with E-state index in [-0.39, 0.29) is 11.7 Å². The molecule has 1 amide bonds. The second-order valence-electron chi connectivity index (χ2n) is 5.38. The molecule has 132 valence electrons. The van der Waals surface area contributed by atoms with E-state index >= 15 is 0 Å². The zero-order chi connectivity index (χ0) is 18.4. The molecule has 2 heterocycles. The highest BCUT2D eigenvalue weighted by atomic mass is 35.5. The monoisotopic (exact) mass is 401 g/mol. The lowest BCUT2D eigenvalue weighted by atomic mass is 10.2. The van der Waals surface area contributed by atoms with Crippen LogP contribution in [0.2, 0.25) is 5.02 Å². The number of amides is 1. The number of nitrogens with one attached hydrogen (secondary N) is 1. The summed E-state index contributed by atoms with van der Waals surface area (Å²) in [7, 11) is 0. The highest BCUT2D eigenvalue weighted by Gasteiger charge is 2.07. The summed E-state index contributed by atoms with van der Waals surface area (Å²) in [5, 5.41) is 5.92. The van der Waals surface area contributed by atoms with Crippen molar-refractivity contribution in [2.24, 2.45) is 0 Å². The quantitative estimate of drug-likeness (QED) is 0.443. The van der Waals surface area contributed by atoms with Gasteiger partial charge < -0.3 is 5.32 Å². The van der Waals surface area contributed by atoms with Gasteiger partial charge in [-0.15, -0.1) is 11.3 Å². The summed E-state index contributed by atoms with van der Waals surface area (Å²) >= 11 is 9.02. The number of nitrogens with zero attached hydrogens (tertiary/aromatic N) is 2. The Bertz CT molecular complexity index is 940. The Labute approximate surface area is 165 Å². The van der Waals surface area contributed by atoms with Gasteiger partial charge in [0, 0.05) is 11.1 Å². The van der Waals surface area contributed by atoms with Gasteiger partial charge in [0.25, 0.3) is 0 Å². The number of thiophene rings is 1. The van der Waals surface area contributed by atoms with Gasteiger partial charge >= 0.3 is 0 Å². The molecule has 0 aliphatic rings. The Balaban J connectivity index is 1.58. The van der Waals surface area contributed by atoms with E-state index in [2.05, 4.69) is 33.7 Å². The number of benzene rings is 1. The van der Waals surface area contributed by atoms with E-state index in [1.807, 2.05) is 30.4 Å². The van der Waals surface area contributed by atoms with Crippen molar-refractivity contribution >= 4 is 58.4 Å². The van der Waals surface area contributed by atoms with Crippen LogP contribution in [0.25, 0.3) is 12.2 Å². The number of para-hydroxylation sites is 1. The topological polar surface area (TPSA) is 54.9 Å². The fourth-order valence-electron chi connectivity index (χ4n) is 2.11. The van der Waals surface area contributed by atoms with Gasteiger partial charge in [-0.3, -0.25) is 4.79 Å². The molecule has 3 aromatic rings. The van der Waals surface area contributed by atoms with Gasteiger partial charge in [-0.2, -0.15) is 0 Å². The summed E-state index contributed by atoms with van der Waals surface area (Å²) in [6.07, 6.45) is 5.69. The van der Waals surface area contributed by atoms with E-state index in [0.29, 0.717) is 15.9 Å². The molecule has 0 saturated heterocycles. The maximum Gasteiger partial charge on any atom is 0.234 e. The molecule has 0 unspecified atom stereocenters. The predicted molar refractivity (Wildman–Crippen MR) is 111 cm³/mol. The van der Waals surface area contributed by atoms with Gasteiger partial charge in [0.1, 0.15) is 0 Å². The Hall–Kier alpha value is -2.15. The molecule has 0 aliphatic carbocycles. The summed E-state index contributed by atoms with van der Waals surface area (Å²) < 4.78 is 0. The molecule has 4 nitrogen and oxygen atoms in total. The molecular weight excluding hydrogens is 386 g/mol. The minimum Gasteiger partial charge on any atom is -0.324 e. The van der Waals surface area contributed by atoms with Crippen LogP contribution in [0.3, 0.4) is 0 Å². The van der Waals surface area contributed by atoms with E-state index in [0.717, 1.165) is 5.69 Å². The van der Waals surface area contributed by atoms with Crippen LogP contribution in [0.1, 0.15) is 16.1 Å². The fraction of sp³-hybridized carbons (Fsp3) is 0.105.